The van der Waals surface area contributed by atoms with Crippen molar-refractivity contribution in [1.29, 1.82) is 0 Å². The quantitative estimate of drug-likeness (QED) is 0.595. The summed E-state index contributed by atoms with van der Waals surface area (Å²) in [7, 11) is 0. The van der Waals surface area contributed by atoms with E-state index in [-0.39, 0.29) is 0 Å². The lowest BCUT2D eigenvalue weighted by atomic mass is 10.2. The van der Waals surface area contributed by atoms with Gasteiger partial charge in [-0.2, -0.15) is 0 Å². The van der Waals surface area contributed by atoms with Crippen molar-refractivity contribution in [3.63, 3.8) is 0 Å². The summed E-state index contributed by atoms with van der Waals surface area (Å²) in [5, 5.41) is 8.96. The van der Waals surface area contributed by atoms with Crippen LogP contribution in [0.5, 0.6) is 0 Å². The van der Waals surface area contributed by atoms with Crippen LogP contribution in [0, 0.1) is 0 Å². The Hall–Kier alpha value is -0.120. The van der Waals surface area contributed by atoms with Crippen molar-refractivity contribution in [2.24, 2.45) is 5.73 Å². The highest BCUT2D eigenvalue weighted by atomic mass is 16.3. The number of hydrogen-bond acceptors (Lipinski definition) is 3. The molecule has 1 aliphatic heterocycles. The Labute approximate surface area is 68.2 Å². The Morgan fingerprint density at radius 1 is 1.55 bits per heavy atom. The summed E-state index contributed by atoms with van der Waals surface area (Å²) in [6.07, 6.45) is 3.44. The fraction of sp³-hybridized carbons (Fsp3) is 1.00. The number of aliphatic hydroxyl groups excluding tert-OH is 1. The van der Waals surface area contributed by atoms with E-state index in [2.05, 4.69) is 4.90 Å². The molecular formula is C8H18N2O. The van der Waals surface area contributed by atoms with Gasteiger partial charge in [0.1, 0.15) is 0 Å². The van der Waals surface area contributed by atoms with Crippen LogP contribution in [0.25, 0.3) is 0 Å². The molecule has 3 nitrogen and oxygen atoms in total. The van der Waals surface area contributed by atoms with Crippen LogP contribution in [-0.2, 0) is 0 Å². The SMILES string of the molecule is NCCCN1CCC[C@@H]1CO. The lowest BCUT2D eigenvalue weighted by molar-refractivity contribution is 0.158. The lowest BCUT2D eigenvalue weighted by Crippen LogP contribution is -2.33. The van der Waals surface area contributed by atoms with Crippen molar-refractivity contribution >= 4 is 0 Å². The van der Waals surface area contributed by atoms with E-state index in [1.165, 1.54) is 6.42 Å². The molecule has 3 N–H and O–H groups in total. The molecule has 66 valence electrons. The van der Waals surface area contributed by atoms with Gasteiger partial charge in [0.25, 0.3) is 0 Å². The van der Waals surface area contributed by atoms with E-state index < -0.39 is 0 Å². The van der Waals surface area contributed by atoms with Crippen LogP contribution in [0.2, 0.25) is 0 Å². The number of nitrogens with two attached hydrogens (primary N) is 1. The topological polar surface area (TPSA) is 49.5 Å². The molecule has 0 amide bonds. The van der Waals surface area contributed by atoms with Crippen molar-refractivity contribution in [2.45, 2.75) is 25.3 Å². The average Bonchev–Trinajstić information content (AvgIpc) is 2.47. The average molecular weight is 158 g/mol. The molecule has 0 saturated carbocycles. The van der Waals surface area contributed by atoms with Crippen LogP contribution in [-0.4, -0.2) is 42.3 Å². The Morgan fingerprint density at radius 2 is 2.36 bits per heavy atom. The summed E-state index contributed by atoms with van der Waals surface area (Å²) < 4.78 is 0. The van der Waals surface area contributed by atoms with Crippen LogP contribution in [0.1, 0.15) is 19.3 Å². The molecule has 0 aromatic heterocycles. The van der Waals surface area contributed by atoms with Crippen molar-refractivity contribution in [3.8, 4) is 0 Å². The van der Waals surface area contributed by atoms with Gasteiger partial charge < -0.3 is 10.8 Å². The highest BCUT2D eigenvalue weighted by molar-refractivity contribution is 4.77. The van der Waals surface area contributed by atoms with Crippen molar-refractivity contribution in [2.75, 3.05) is 26.2 Å². The maximum Gasteiger partial charge on any atom is 0.0586 e. The maximum absolute atomic E-state index is 8.96. The molecule has 0 bridgehead atoms. The number of likely N-dealkylation sites (tertiary alicyclic amines) is 1. The van der Waals surface area contributed by atoms with Crippen LogP contribution in [0.4, 0.5) is 0 Å². The molecule has 0 unspecified atom stereocenters. The minimum atomic E-state index is 0.310. The second-order valence-electron chi connectivity index (χ2n) is 3.16. The van der Waals surface area contributed by atoms with Gasteiger partial charge in [0.2, 0.25) is 0 Å². The molecule has 1 saturated heterocycles. The van der Waals surface area contributed by atoms with Gasteiger partial charge in [-0.05, 0) is 38.9 Å². The Morgan fingerprint density at radius 3 is 3.00 bits per heavy atom. The fourth-order valence-electron chi connectivity index (χ4n) is 1.69. The van der Waals surface area contributed by atoms with Gasteiger partial charge in [0.05, 0.1) is 6.61 Å². The highest BCUT2D eigenvalue weighted by Crippen LogP contribution is 2.15. The molecule has 1 fully saturated rings. The van der Waals surface area contributed by atoms with Crippen LogP contribution >= 0.6 is 0 Å². The Kier molecular flexibility index (Phi) is 3.83. The zero-order valence-corrected chi connectivity index (χ0v) is 7.00. The monoisotopic (exact) mass is 158 g/mol. The number of aliphatic hydroxyl groups is 1. The zero-order valence-electron chi connectivity index (χ0n) is 7.00. The fourth-order valence-corrected chi connectivity index (χ4v) is 1.69. The molecule has 1 heterocycles. The first-order valence-electron chi connectivity index (χ1n) is 4.43. The molecule has 0 aliphatic carbocycles. The summed E-state index contributed by atoms with van der Waals surface area (Å²) in [6, 6.07) is 0.418. The van der Waals surface area contributed by atoms with E-state index in [1.807, 2.05) is 0 Å². The highest BCUT2D eigenvalue weighted by Gasteiger charge is 2.22. The minimum Gasteiger partial charge on any atom is -0.395 e. The molecular weight excluding hydrogens is 140 g/mol. The summed E-state index contributed by atoms with van der Waals surface area (Å²) in [4.78, 5) is 2.34. The number of nitrogens with zero attached hydrogens (tertiary/aromatic N) is 1. The Balaban J connectivity index is 2.20. The van der Waals surface area contributed by atoms with Gasteiger partial charge in [-0.15, -0.1) is 0 Å². The molecule has 0 spiro atoms. The van der Waals surface area contributed by atoms with Crippen LogP contribution in [0.15, 0.2) is 0 Å². The first kappa shape index (κ1) is 8.97. The second kappa shape index (κ2) is 4.70. The third-order valence-electron chi connectivity index (χ3n) is 2.36. The summed E-state index contributed by atoms with van der Waals surface area (Å²) >= 11 is 0. The van der Waals surface area contributed by atoms with E-state index in [1.54, 1.807) is 0 Å². The van der Waals surface area contributed by atoms with Crippen molar-refractivity contribution < 1.29 is 5.11 Å². The molecule has 0 aromatic rings. The summed E-state index contributed by atoms with van der Waals surface area (Å²) in [5.41, 5.74) is 5.40. The van der Waals surface area contributed by atoms with E-state index in [4.69, 9.17) is 10.8 Å². The number of rotatable bonds is 4. The Bertz CT molecular complexity index is 108. The van der Waals surface area contributed by atoms with E-state index in [0.29, 0.717) is 12.6 Å². The van der Waals surface area contributed by atoms with E-state index in [0.717, 1.165) is 32.5 Å². The van der Waals surface area contributed by atoms with Gasteiger partial charge >= 0.3 is 0 Å². The first-order valence-corrected chi connectivity index (χ1v) is 4.43. The lowest BCUT2D eigenvalue weighted by Gasteiger charge is -2.21. The predicted molar refractivity (Wildman–Crippen MR) is 45.4 cm³/mol. The smallest absolute Gasteiger partial charge is 0.0586 e. The van der Waals surface area contributed by atoms with Crippen LogP contribution < -0.4 is 5.73 Å². The van der Waals surface area contributed by atoms with Gasteiger partial charge in [-0.25, -0.2) is 0 Å². The standard InChI is InChI=1S/C8H18N2O/c9-4-2-6-10-5-1-3-8(10)7-11/h8,11H,1-7,9H2/t8-/m1/s1. The molecule has 1 aliphatic rings. The third-order valence-corrected chi connectivity index (χ3v) is 2.36. The van der Waals surface area contributed by atoms with E-state index in [9.17, 15) is 0 Å². The minimum absolute atomic E-state index is 0.310. The van der Waals surface area contributed by atoms with E-state index >= 15 is 0 Å². The van der Waals surface area contributed by atoms with Gasteiger partial charge in [0, 0.05) is 6.04 Å². The second-order valence-corrected chi connectivity index (χ2v) is 3.16. The molecule has 1 atom stereocenters. The first-order chi connectivity index (χ1) is 5.38. The molecule has 1 rings (SSSR count). The summed E-state index contributed by atoms with van der Waals surface area (Å²) in [5.74, 6) is 0. The third kappa shape index (κ3) is 2.43. The number of hydrogen-bond donors (Lipinski definition) is 2. The van der Waals surface area contributed by atoms with Crippen molar-refractivity contribution in [1.82, 2.24) is 4.90 Å². The van der Waals surface area contributed by atoms with Crippen molar-refractivity contribution in [3.05, 3.63) is 0 Å². The predicted octanol–water partition coefficient (Wildman–Crippen LogP) is -0.208. The molecule has 0 radical (unpaired) electrons. The zero-order chi connectivity index (χ0) is 8.10. The van der Waals surface area contributed by atoms with Gasteiger partial charge in [-0.1, -0.05) is 0 Å². The largest absolute Gasteiger partial charge is 0.395 e. The normalized spacial score (nSPS) is 26.2. The molecule has 0 aromatic carbocycles. The molecule has 11 heavy (non-hydrogen) atoms. The van der Waals surface area contributed by atoms with Crippen LogP contribution in [0.3, 0.4) is 0 Å². The molecule has 3 heteroatoms. The van der Waals surface area contributed by atoms with Gasteiger partial charge in [-0.3, -0.25) is 4.90 Å². The van der Waals surface area contributed by atoms with Gasteiger partial charge in [0.15, 0.2) is 0 Å². The maximum atomic E-state index is 8.96. The summed E-state index contributed by atoms with van der Waals surface area (Å²) in [6.45, 7) is 3.27.